The number of hydrogen-bond acceptors (Lipinski definition) is 4. The third-order valence-electron chi connectivity index (χ3n) is 6.16. The summed E-state index contributed by atoms with van der Waals surface area (Å²) in [6, 6.07) is 13.8. The summed E-state index contributed by atoms with van der Waals surface area (Å²) < 4.78 is 0. The molecule has 0 atom stereocenters. The number of carbonyl (C=O) groups excluding carboxylic acids is 1. The van der Waals surface area contributed by atoms with E-state index < -0.39 is 0 Å². The molecule has 2 aromatic rings. The topological polar surface area (TPSA) is 47.9 Å². The maximum atomic E-state index is 12.9. The van der Waals surface area contributed by atoms with Gasteiger partial charge in [-0.2, -0.15) is 0 Å². The number of hydrogen-bond donors (Lipinski definition) is 1. The van der Waals surface area contributed by atoms with Gasteiger partial charge in [0.2, 0.25) is 5.91 Å². The van der Waals surface area contributed by atoms with Crippen LogP contribution in [0.3, 0.4) is 0 Å². The van der Waals surface area contributed by atoms with Gasteiger partial charge in [-0.15, -0.1) is 0 Å². The minimum atomic E-state index is -0.327. The van der Waals surface area contributed by atoms with Crippen molar-refractivity contribution in [1.29, 1.82) is 0 Å². The first kappa shape index (κ1) is 25.2. The monoisotopic (exact) mass is 490 g/mol. The number of nitrogens with one attached hydrogen (secondary N) is 1. The molecule has 0 aliphatic carbocycles. The Morgan fingerprint density at radius 1 is 1.17 bits per heavy atom. The molecule has 0 aromatic heterocycles. The first-order valence-corrected chi connectivity index (χ1v) is 12.7. The summed E-state index contributed by atoms with van der Waals surface area (Å²) in [7, 11) is 0. The Morgan fingerprint density at radius 3 is 2.66 bits per heavy atom. The van der Waals surface area contributed by atoms with E-state index in [0.717, 1.165) is 41.0 Å². The van der Waals surface area contributed by atoms with Crippen molar-refractivity contribution in [2.24, 2.45) is 4.99 Å². The molecule has 1 N–H and O–H groups in total. The van der Waals surface area contributed by atoms with E-state index >= 15 is 0 Å². The summed E-state index contributed by atoms with van der Waals surface area (Å²) in [5, 5.41) is 3.67. The standard InChI is InChI=1S/C29H35ClN4O/c1-21-25-18-22(10-5-6-15-33-16-7-8-17-33)13-14-26(25)31-28(23-11-9-12-24(30)19-23)34(21)20-27(35)32-29(2,3)4/h5,9-14,18-19H,1,6-8,15-17,20H2,2-4H3,(H,32,35)/b10-5+. The smallest absolute Gasteiger partial charge is 0.240 e. The van der Waals surface area contributed by atoms with E-state index in [-0.39, 0.29) is 18.0 Å². The van der Waals surface area contributed by atoms with Crippen LogP contribution in [0.4, 0.5) is 5.69 Å². The van der Waals surface area contributed by atoms with Gasteiger partial charge in [-0.05, 0) is 83.0 Å². The fourth-order valence-corrected chi connectivity index (χ4v) is 4.73. The highest BCUT2D eigenvalue weighted by atomic mass is 35.5. The van der Waals surface area contributed by atoms with Crippen molar-refractivity contribution in [2.45, 2.75) is 45.6 Å². The van der Waals surface area contributed by atoms with Crippen LogP contribution >= 0.6 is 11.6 Å². The molecule has 1 saturated heterocycles. The largest absolute Gasteiger partial charge is 0.350 e. The van der Waals surface area contributed by atoms with Crippen molar-refractivity contribution < 1.29 is 4.79 Å². The molecule has 0 saturated carbocycles. The van der Waals surface area contributed by atoms with Crippen LogP contribution < -0.4 is 5.32 Å². The Bertz CT molecular complexity index is 1160. The van der Waals surface area contributed by atoms with Crippen molar-refractivity contribution in [3.63, 3.8) is 0 Å². The maximum absolute atomic E-state index is 12.9. The molecule has 184 valence electrons. The van der Waals surface area contributed by atoms with E-state index in [2.05, 4.69) is 41.1 Å². The Morgan fingerprint density at radius 2 is 1.94 bits per heavy atom. The summed E-state index contributed by atoms with van der Waals surface area (Å²) in [5.41, 5.74) is 4.14. The van der Waals surface area contributed by atoms with Gasteiger partial charge >= 0.3 is 0 Å². The van der Waals surface area contributed by atoms with Gasteiger partial charge in [0.25, 0.3) is 0 Å². The molecule has 2 heterocycles. The Hall–Kier alpha value is -2.89. The molecule has 35 heavy (non-hydrogen) atoms. The summed E-state index contributed by atoms with van der Waals surface area (Å²) >= 11 is 6.28. The summed E-state index contributed by atoms with van der Waals surface area (Å²) in [4.78, 5) is 22.2. The Kier molecular flexibility index (Phi) is 7.78. The number of aliphatic imine (C=N–C) groups is 1. The molecule has 1 amide bonds. The zero-order valence-corrected chi connectivity index (χ0v) is 21.7. The van der Waals surface area contributed by atoms with Crippen LogP contribution in [0.25, 0.3) is 11.8 Å². The lowest BCUT2D eigenvalue weighted by Crippen LogP contribution is -2.47. The molecule has 0 bridgehead atoms. The molecule has 4 rings (SSSR count). The van der Waals surface area contributed by atoms with E-state index in [4.69, 9.17) is 16.6 Å². The van der Waals surface area contributed by atoms with Gasteiger partial charge in [0.15, 0.2) is 0 Å². The fourth-order valence-electron chi connectivity index (χ4n) is 4.54. The van der Waals surface area contributed by atoms with Gasteiger partial charge in [-0.3, -0.25) is 4.79 Å². The first-order valence-electron chi connectivity index (χ1n) is 12.3. The van der Waals surface area contributed by atoms with Crippen LogP contribution in [0.2, 0.25) is 5.02 Å². The van der Waals surface area contributed by atoms with Gasteiger partial charge in [0, 0.05) is 33.9 Å². The molecule has 5 nitrogen and oxygen atoms in total. The average Bonchev–Trinajstić information content (AvgIpc) is 3.31. The maximum Gasteiger partial charge on any atom is 0.240 e. The second kappa shape index (κ2) is 10.8. The van der Waals surface area contributed by atoms with Crippen molar-refractivity contribution in [3.05, 3.63) is 76.8 Å². The first-order chi connectivity index (χ1) is 16.7. The van der Waals surface area contributed by atoms with Crippen molar-refractivity contribution >= 4 is 40.8 Å². The lowest BCUT2D eigenvalue weighted by molar-refractivity contribution is -0.122. The molecule has 0 unspecified atom stereocenters. The van der Waals surface area contributed by atoms with Gasteiger partial charge < -0.3 is 15.1 Å². The molecule has 0 spiro atoms. The third-order valence-corrected chi connectivity index (χ3v) is 6.39. The minimum Gasteiger partial charge on any atom is -0.350 e. The zero-order valence-electron chi connectivity index (χ0n) is 21.0. The number of benzene rings is 2. The van der Waals surface area contributed by atoms with Crippen molar-refractivity contribution in [2.75, 3.05) is 26.2 Å². The van der Waals surface area contributed by atoms with E-state index in [0.29, 0.717) is 10.9 Å². The number of fused-ring (bicyclic) bond motifs is 1. The van der Waals surface area contributed by atoms with E-state index in [1.165, 1.54) is 25.9 Å². The highest BCUT2D eigenvalue weighted by Gasteiger charge is 2.28. The van der Waals surface area contributed by atoms with Crippen LogP contribution in [-0.2, 0) is 4.79 Å². The van der Waals surface area contributed by atoms with Gasteiger partial charge in [0.1, 0.15) is 12.4 Å². The van der Waals surface area contributed by atoms with Crippen LogP contribution in [0.1, 0.15) is 56.7 Å². The number of amides is 1. The molecule has 2 aromatic carbocycles. The van der Waals surface area contributed by atoms with Gasteiger partial charge in [-0.25, -0.2) is 4.99 Å². The highest BCUT2D eigenvalue weighted by molar-refractivity contribution is 6.31. The van der Waals surface area contributed by atoms with Gasteiger partial charge in [-0.1, -0.05) is 48.5 Å². The number of amidine groups is 1. The molecular formula is C29H35ClN4O. The van der Waals surface area contributed by atoms with Crippen molar-refractivity contribution in [3.8, 4) is 0 Å². The van der Waals surface area contributed by atoms with E-state index in [9.17, 15) is 4.79 Å². The number of halogens is 1. The second-order valence-electron chi connectivity index (χ2n) is 10.3. The third kappa shape index (κ3) is 6.62. The predicted molar refractivity (Wildman–Crippen MR) is 147 cm³/mol. The quantitative estimate of drug-likeness (QED) is 0.508. The number of carbonyl (C=O) groups is 1. The molecular weight excluding hydrogens is 456 g/mol. The summed E-state index contributed by atoms with van der Waals surface area (Å²) in [6.07, 6.45) is 8.07. The lowest BCUT2D eigenvalue weighted by atomic mass is 10.0. The van der Waals surface area contributed by atoms with Crippen LogP contribution in [-0.4, -0.2) is 53.3 Å². The Labute approximate surface area is 214 Å². The number of likely N-dealkylation sites (tertiary alicyclic amines) is 1. The number of nitrogens with zero attached hydrogens (tertiary/aromatic N) is 3. The average molecular weight is 491 g/mol. The van der Waals surface area contributed by atoms with E-state index in [1.54, 1.807) is 0 Å². The Balaban J connectivity index is 1.60. The molecule has 0 radical (unpaired) electrons. The SMILES string of the molecule is C=C1c2cc(/C=C/CCN3CCCC3)ccc2N=C(c2cccc(Cl)c2)N1CC(=O)NC(C)(C)C. The number of rotatable bonds is 7. The molecule has 2 aliphatic rings. The lowest BCUT2D eigenvalue weighted by Gasteiger charge is -2.33. The van der Waals surface area contributed by atoms with Crippen LogP contribution in [0.15, 0.2) is 60.1 Å². The summed E-state index contributed by atoms with van der Waals surface area (Å²) in [5.74, 6) is 0.581. The van der Waals surface area contributed by atoms with Crippen LogP contribution in [0.5, 0.6) is 0 Å². The predicted octanol–water partition coefficient (Wildman–Crippen LogP) is 6.12. The molecule has 6 heteroatoms. The normalized spacial score (nSPS) is 16.5. The van der Waals surface area contributed by atoms with Crippen molar-refractivity contribution in [1.82, 2.24) is 15.1 Å². The minimum absolute atomic E-state index is 0.0882. The zero-order chi connectivity index (χ0) is 25.0. The fraction of sp³-hybridized carbons (Fsp3) is 0.379. The molecule has 2 aliphatic heterocycles. The summed E-state index contributed by atoms with van der Waals surface area (Å²) in [6.45, 7) is 14.0. The van der Waals surface area contributed by atoms with Gasteiger partial charge in [0.05, 0.1) is 5.69 Å². The van der Waals surface area contributed by atoms with E-state index in [1.807, 2.05) is 56.0 Å². The molecule has 1 fully saturated rings. The second-order valence-corrected chi connectivity index (χ2v) is 10.7. The van der Waals surface area contributed by atoms with Crippen LogP contribution in [0, 0.1) is 0 Å². The highest BCUT2D eigenvalue weighted by Crippen LogP contribution is 2.36.